The summed E-state index contributed by atoms with van der Waals surface area (Å²) < 4.78 is 2.13. The highest BCUT2D eigenvalue weighted by Gasteiger charge is 2.36. The van der Waals surface area contributed by atoms with E-state index >= 15 is 0 Å². The van der Waals surface area contributed by atoms with Crippen molar-refractivity contribution in [2.45, 2.75) is 23.4 Å². The van der Waals surface area contributed by atoms with Crippen LogP contribution < -0.4 is 0 Å². The van der Waals surface area contributed by atoms with Gasteiger partial charge in [-0.25, -0.2) is 4.98 Å². The molecule has 0 bridgehead atoms. The zero-order chi connectivity index (χ0) is 18.5. The summed E-state index contributed by atoms with van der Waals surface area (Å²) in [5, 5.41) is 10.6. The number of aliphatic hydroxyl groups is 1. The van der Waals surface area contributed by atoms with Crippen LogP contribution in [0.15, 0.2) is 54.6 Å². The minimum atomic E-state index is -1.84. The molecule has 4 nitrogen and oxygen atoms in total. The minimum absolute atomic E-state index is 0.489. The van der Waals surface area contributed by atoms with E-state index < -0.39 is 9.90 Å². The number of fused-ring (bicyclic) bond motifs is 3. The molecule has 0 aliphatic carbocycles. The maximum atomic E-state index is 10.6. The molecule has 0 amide bonds. The van der Waals surface area contributed by atoms with Gasteiger partial charge in [0.25, 0.3) is 0 Å². The Morgan fingerprint density at radius 1 is 1.00 bits per heavy atom. The van der Waals surface area contributed by atoms with Crippen molar-refractivity contribution in [1.29, 1.82) is 0 Å². The third kappa shape index (κ3) is 2.87. The summed E-state index contributed by atoms with van der Waals surface area (Å²) in [6, 6.07) is 18.0. The molecule has 4 aromatic rings. The molecule has 0 radical (unpaired) electrons. The lowest BCUT2D eigenvalue weighted by molar-refractivity contribution is 0.176. The van der Waals surface area contributed by atoms with Crippen molar-refractivity contribution in [3.63, 3.8) is 0 Å². The van der Waals surface area contributed by atoms with Crippen LogP contribution in [0, 0.1) is 6.92 Å². The van der Waals surface area contributed by atoms with E-state index in [-0.39, 0.29) is 0 Å². The highest BCUT2D eigenvalue weighted by atomic mass is 35.6. The van der Waals surface area contributed by atoms with E-state index in [1.54, 1.807) is 0 Å². The van der Waals surface area contributed by atoms with Gasteiger partial charge in [0.05, 0.1) is 29.0 Å². The van der Waals surface area contributed by atoms with Crippen LogP contribution in [-0.4, -0.2) is 22.9 Å². The van der Waals surface area contributed by atoms with Gasteiger partial charge in [0.2, 0.25) is 9.57 Å². The van der Waals surface area contributed by atoms with E-state index in [0.29, 0.717) is 23.7 Å². The number of nitrogens with zero attached hydrogens (tertiary/aromatic N) is 3. The molecule has 0 aliphatic rings. The lowest BCUT2D eigenvalue weighted by Gasteiger charge is -2.19. The van der Waals surface area contributed by atoms with Crippen LogP contribution in [-0.2, 0) is 6.54 Å². The van der Waals surface area contributed by atoms with Crippen molar-refractivity contribution in [3.8, 4) is 0 Å². The zero-order valence-corrected chi connectivity index (χ0v) is 16.2. The molecule has 26 heavy (non-hydrogen) atoms. The topological polar surface area (TPSA) is 42.5 Å². The van der Waals surface area contributed by atoms with Crippen LogP contribution in [0.1, 0.15) is 23.1 Å². The standard InChI is InChI=1S/C19H16Cl3N3O/c1-12-16(17(26)19(20,21)22)25-15-10-6-5-9-14(15)24(18(25)23-12)11-13-7-3-2-4-8-13/h2-10,17,26H,11H2,1H3/t17-/m0/s1. The quantitative estimate of drug-likeness (QED) is 0.482. The normalized spacial score (nSPS) is 13.6. The van der Waals surface area contributed by atoms with Crippen LogP contribution in [0.5, 0.6) is 0 Å². The monoisotopic (exact) mass is 407 g/mol. The fraction of sp³-hybridized carbons (Fsp3) is 0.211. The molecule has 1 N–H and O–H groups in total. The van der Waals surface area contributed by atoms with Crippen LogP contribution in [0.25, 0.3) is 16.8 Å². The number of benzene rings is 2. The van der Waals surface area contributed by atoms with E-state index in [1.165, 1.54) is 0 Å². The lowest BCUT2D eigenvalue weighted by atomic mass is 10.2. The fourth-order valence-electron chi connectivity index (χ4n) is 3.33. The van der Waals surface area contributed by atoms with Crippen molar-refractivity contribution < 1.29 is 5.11 Å². The van der Waals surface area contributed by atoms with Gasteiger partial charge in [-0.2, -0.15) is 0 Å². The number of hydrogen-bond acceptors (Lipinski definition) is 2. The fourth-order valence-corrected chi connectivity index (χ4v) is 3.64. The lowest BCUT2D eigenvalue weighted by Crippen LogP contribution is -2.19. The Hall–Kier alpha value is -1.72. The van der Waals surface area contributed by atoms with Crippen molar-refractivity contribution in [3.05, 3.63) is 71.5 Å². The van der Waals surface area contributed by atoms with Gasteiger partial charge in [0, 0.05) is 0 Å². The first-order chi connectivity index (χ1) is 12.4. The average molecular weight is 409 g/mol. The highest BCUT2D eigenvalue weighted by Crippen LogP contribution is 2.41. The second-order valence-corrected chi connectivity index (χ2v) is 8.59. The summed E-state index contributed by atoms with van der Waals surface area (Å²) in [6.07, 6.45) is -1.29. The van der Waals surface area contributed by atoms with Gasteiger partial charge in [0.1, 0.15) is 6.10 Å². The number of halogens is 3. The average Bonchev–Trinajstić information content (AvgIpc) is 3.09. The first-order valence-corrected chi connectivity index (χ1v) is 9.26. The summed E-state index contributed by atoms with van der Waals surface area (Å²) in [7, 11) is 0. The van der Waals surface area contributed by atoms with E-state index in [4.69, 9.17) is 34.8 Å². The van der Waals surface area contributed by atoms with E-state index in [0.717, 1.165) is 16.6 Å². The van der Waals surface area contributed by atoms with Crippen molar-refractivity contribution in [2.75, 3.05) is 0 Å². The van der Waals surface area contributed by atoms with Gasteiger partial charge in [0.15, 0.2) is 0 Å². The predicted octanol–water partition coefficient (Wildman–Crippen LogP) is 5.05. The van der Waals surface area contributed by atoms with Crippen LogP contribution >= 0.6 is 34.8 Å². The SMILES string of the molecule is Cc1nc2n(Cc3ccccc3)c3ccccc3n2c1[C@H](O)C(Cl)(Cl)Cl. The summed E-state index contributed by atoms with van der Waals surface area (Å²) in [4.78, 5) is 4.67. The van der Waals surface area contributed by atoms with Gasteiger partial charge < -0.3 is 9.67 Å². The van der Waals surface area contributed by atoms with Gasteiger partial charge in [-0.1, -0.05) is 77.3 Å². The number of aliphatic hydroxyl groups excluding tert-OH is 1. The number of hydrogen-bond donors (Lipinski definition) is 1. The molecule has 0 saturated heterocycles. The molecule has 134 valence electrons. The van der Waals surface area contributed by atoms with Gasteiger partial charge in [-0.05, 0) is 24.6 Å². The second kappa shape index (κ2) is 6.46. The molecule has 2 heterocycles. The first kappa shape index (κ1) is 17.7. The molecular weight excluding hydrogens is 393 g/mol. The van der Waals surface area contributed by atoms with Crippen molar-refractivity contribution in [1.82, 2.24) is 14.0 Å². The zero-order valence-electron chi connectivity index (χ0n) is 13.9. The summed E-state index contributed by atoms with van der Waals surface area (Å²) in [5.74, 6) is 0.704. The minimum Gasteiger partial charge on any atom is -0.382 e. The van der Waals surface area contributed by atoms with Gasteiger partial charge in [-0.15, -0.1) is 0 Å². The molecular formula is C19H16Cl3N3O. The van der Waals surface area contributed by atoms with E-state index in [9.17, 15) is 5.11 Å². The first-order valence-electron chi connectivity index (χ1n) is 8.13. The van der Waals surface area contributed by atoms with E-state index in [2.05, 4.69) is 21.7 Å². The molecule has 0 aliphatic heterocycles. The second-order valence-electron chi connectivity index (χ2n) is 6.22. The van der Waals surface area contributed by atoms with Crippen molar-refractivity contribution >= 4 is 51.6 Å². The van der Waals surface area contributed by atoms with E-state index in [1.807, 2.05) is 53.8 Å². The van der Waals surface area contributed by atoms with Crippen molar-refractivity contribution in [2.24, 2.45) is 0 Å². The molecule has 0 saturated carbocycles. The molecule has 4 rings (SSSR count). The largest absolute Gasteiger partial charge is 0.382 e. The molecule has 0 fully saturated rings. The Balaban J connectivity index is 2.01. The third-order valence-corrected chi connectivity index (χ3v) is 5.11. The summed E-state index contributed by atoms with van der Waals surface area (Å²) >= 11 is 17.9. The number of imidazole rings is 2. The summed E-state index contributed by atoms with van der Waals surface area (Å²) in [6.45, 7) is 2.46. The molecule has 0 unspecified atom stereocenters. The van der Waals surface area contributed by atoms with Gasteiger partial charge in [-0.3, -0.25) is 4.40 Å². The Kier molecular flexibility index (Phi) is 4.40. The number of aryl methyl sites for hydroxylation is 1. The van der Waals surface area contributed by atoms with Crippen LogP contribution in [0.4, 0.5) is 0 Å². The number of rotatable bonds is 3. The Morgan fingerprint density at radius 2 is 1.62 bits per heavy atom. The maximum Gasteiger partial charge on any atom is 0.221 e. The highest BCUT2D eigenvalue weighted by molar-refractivity contribution is 6.68. The van der Waals surface area contributed by atoms with Crippen LogP contribution in [0.3, 0.4) is 0 Å². The molecule has 2 aromatic heterocycles. The predicted molar refractivity (Wildman–Crippen MR) is 106 cm³/mol. The number of aromatic nitrogens is 3. The maximum absolute atomic E-state index is 10.6. The smallest absolute Gasteiger partial charge is 0.221 e. The molecule has 2 aromatic carbocycles. The number of para-hydroxylation sites is 2. The summed E-state index contributed by atoms with van der Waals surface area (Å²) in [5.41, 5.74) is 4.17. The molecule has 0 spiro atoms. The number of alkyl halides is 3. The van der Waals surface area contributed by atoms with Gasteiger partial charge >= 0.3 is 0 Å². The Labute approximate surface area is 165 Å². The molecule has 7 heteroatoms. The Bertz CT molecular complexity index is 1080. The molecule has 1 atom stereocenters. The Morgan fingerprint density at radius 3 is 2.27 bits per heavy atom. The third-order valence-electron chi connectivity index (χ3n) is 4.49. The van der Waals surface area contributed by atoms with Crippen LogP contribution in [0.2, 0.25) is 0 Å².